The minimum atomic E-state index is -3.61. The third kappa shape index (κ3) is 4.14. The molecule has 2 aromatic carbocycles. The summed E-state index contributed by atoms with van der Waals surface area (Å²) in [4.78, 5) is 12.6. The van der Waals surface area contributed by atoms with E-state index in [-0.39, 0.29) is 16.5 Å². The molecule has 1 aliphatic rings. The Hall–Kier alpha value is -2.58. The van der Waals surface area contributed by atoms with Crippen molar-refractivity contribution in [1.29, 1.82) is 0 Å². The summed E-state index contributed by atoms with van der Waals surface area (Å²) in [5.74, 6) is 0.612. The fourth-order valence-corrected chi connectivity index (χ4v) is 3.76. The van der Waals surface area contributed by atoms with Crippen molar-refractivity contribution >= 4 is 21.6 Å². The van der Waals surface area contributed by atoms with Gasteiger partial charge in [-0.1, -0.05) is 6.07 Å². The first-order valence-corrected chi connectivity index (χ1v) is 9.57. The van der Waals surface area contributed by atoms with E-state index in [2.05, 4.69) is 10.0 Å². The first-order chi connectivity index (χ1) is 12.4. The first-order valence-electron chi connectivity index (χ1n) is 8.09. The maximum absolute atomic E-state index is 12.5. The molecule has 0 saturated heterocycles. The van der Waals surface area contributed by atoms with Gasteiger partial charge in [0.15, 0.2) is 11.5 Å². The maximum Gasteiger partial charge on any atom is 0.255 e. The Labute approximate surface area is 152 Å². The van der Waals surface area contributed by atoms with Crippen LogP contribution in [0.1, 0.15) is 23.2 Å². The molecule has 1 aliphatic carbocycles. The topological polar surface area (TPSA) is 93.7 Å². The molecule has 138 valence electrons. The number of benzene rings is 2. The van der Waals surface area contributed by atoms with Crippen LogP contribution in [0, 0.1) is 0 Å². The zero-order valence-corrected chi connectivity index (χ0v) is 15.3. The smallest absolute Gasteiger partial charge is 0.255 e. The quantitative estimate of drug-likeness (QED) is 0.774. The highest BCUT2D eigenvalue weighted by atomic mass is 32.2. The largest absolute Gasteiger partial charge is 0.493 e. The zero-order chi connectivity index (χ0) is 18.7. The first kappa shape index (κ1) is 18.2. The van der Waals surface area contributed by atoms with Crippen LogP contribution in [0.3, 0.4) is 0 Å². The number of hydrogen-bond acceptors (Lipinski definition) is 5. The molecular formula is C18H20N2O5S. The summed E-state index contributed by atoms with van der Waals surface area (Å²) in [6.45, 7) is 0. The molecule has 2 N–H and O–H groups in total. The number of nitrogens with one attached hydrogen (secondary N) is 2. The van der Waals surface area contributed by atoms with Crippen LogP contribution in [0.5, 0.6) is 11.5 Å². The van der Waals surface area contributed by atoms with Gasteiger partial charge in [0.2, 0.25) is 10.0 Å². The standard InChI is InChI=1S/C18H20N2O5S/c1-24-16-9-8-14(11-17(16)25-2)19-18(21)12-4-3-5-15(10-12)26(22,23)20-13-6-7-13/h3-5,8-11,13,20H,6-7H2,1-2H3,(H,19,21). The van der Waals surface area contributed by atoms with Crippen molar-refractivity contribution in [3.8, 4) is 11.5 Å². The summed E-state index contributed by atoms with van der Waals surface area (Å²) in [6, 6.07) is 10.9. The van der Waals surface area contributed by atoms with E-state index in [1.807, 2.05) is 0 Å². The molecule has 0 radical (unpaired) electrons. The average Bonchev–Trinajstić information content (AvgIpc) is 3.45. The summed E-state index contributed by atoms with van der Waals surface area (Å²) in [5, 5.41) is 2.73. The van der Waals surface area contributed by atoms with Crippen molar-refractivity contribution < 1.29 is 22.7 Å². The van der Waals surface area contributed by atoms with Gasteiger partial charge in [-0.3, -0.25) is 4.79 Å². The number of hydrogen-bond donors (Lipinski definition) is 2. The van der Waals surface area contributed by atoms with Crippen molar-refractivity contribution in [3.05, 3.63) is 48.0 Å². The lowest BCUT2D eigenvalue weighted by Crippen LogP contribution is -2.26. The van der Waals surface area contributed by atoms with Gasteiger partial charge < -0.3 is 14.8 Å². The van der Waals surface area contributed by atoms with E-state index < -0.39 is 15.9 Å². The molecule has 0 unspecified atom stereocenters. The van der Waals surface area contributed by atoms with E-state index in [1.54, 1.807) is 30.3 Å². The van der Waals surface area contributed by atoms with Gasteiger partial charge in [-0.2, -0.15) is 0 Å². The molecule has 0 spiro atoms. The van der Waals surface area contributed by atoms with Gasteiger partial charge in [-0.15, -0.1) is 0 Å². The van der Waals surface area contributed by atoms with Gasteiger partial charge in [-0.05, 0) is 43.2 Å². The molecule has 1 amide bonds. The van der Waals surface area contributed by atoms with Crippen LogP contribution in [0.4, 0.5) is 5.69 Å². The van der Waals surface area contributed by atoms with E-state index in [1.165, 1.54) is 26.4 Å². The fraction of sp³-hybridized carbons (Fsp3) is 0.278. The van der Waals surface area contributed by atoms with Crippen molar-refractivity contribution in [2.75, 3.05) is 19.5 Å². The van der Waals surface area contributed by atoms with Crippen LogP contribution < -0.4 is 19.5 Å². The number of carbonyl (C=O) groups excluding carboxylic acids is 1. The van der Waals surface area contributed by atoms with Crippen molar-refractivity contribution in [2.24, 2.45) is 0 Å². The molecule has 0 bridgehead atoms. The number of anilines is 1. The molecule has 1 saturated carbocycles. The van der Waals surface area contributed by atoms with Crippen LogP contribution in [-0.4, -0.2) is 34.6 Å². The van der Waals surface area contributed by atoms with Crippen LogP contribution in [0.2, 0.25) is 0 Å². The number of sulfonamides is 1. The molecule has 1 fully saturated rings. The fourth-order valence-electron chi connectivity index (χ4n) is 2.41. The molecule has 0 heterocycles. The van der Waals surface area contributed by atoms with Gasteiger partial charge in [0.25, 0.3) is 5.91 Å². The van der Waals surface area contributed by atoms with E-state index in [9.17, 15) is 13.2 Å². The third-order valence-electron chi connectivity index (χ3n) is 3.95. The zero-order valence-electron chi connectivity index (χ0n) is 14.5. The summed E-state index contributed by atoms with van der Waals surface area (Å²) < 4.78 is 37.6. The molecule has 26 heavy (non-hydrogen) atoms. The Morgan fingerprint density at radius 1 is 1.04 bits per heavy atom. The normalized spacial score (nSPS) is 13.9. The van der Waals surface area contributed by atoms with Gasteiger partial charge in [0.1, 0.15) is 0 Å². The maximum atomic E-state index is 12.5. The molecule has 3 rings (SSSR count). The summed E-state index contributed by atoms with van der Waals surface area (Å²) in [7, 11) is -0.582. The van der Waals surface area contributed by atoms with Gasteiger partial charge in [-0.25, -0.2) is 13.1 Å². The lowest BCUT2D eigenvalue weighted by atomic mass is 10.2. The number of methoxy groups -OCH3 is 2. The second-order valence-corrected chi connectivity index (χ2v) is 7.66. The second-order valence-electron chi connectivity index (χ2n) is 5.95. The molecule has 7 nitrogen and oxygen atoms in total. The summed E-state index contributed by atoms with van der Waals surface area (Å²) in [5.41, 5.74) is 0.760. The average molecular weight is 376 g/mol. The number of ether oxygens (including phenoxy) is 2. The number of amides is 1. The molecule has 2 aromatic rings. The van der Waals surface area contributed by atoms with Gasteiger partial charge in [0, 0.05) is 23.4 Å². The Kier molecular flexibility index (Phi) is 5.15. The minimum Gasteiger partial charge on any atom is -0.493 e. The SMILES string of the molecule is COc1ccc(NC(=O)c2cccc(S(=O)(=O)NC3CC3)c2)cc1OC. The Balaban J connectivity index is 1.79. The van der Waals surface area contributed by atoms with Crippen molar-refractivity contribution in [3.63, 3.8) is 0 Å². The molecular weight excluding hydrogens is 356 g/mol. The Bertz CT molecular complexity index is 923. The number of rotatable bonds is 7. The highest BCUT2D eigenvalue weighted by Crippen LogP contribution is 2.30. The van der Waals surface area contributed by atoms with E-state index >= 15 is 0 Å². The van der Waals surface area contributed by atoms with E-state index in [0.29, 0.717) is 17.2 Å². The molecule has 8 heteroatoms. The summed E-state index contributed by atoms with van der Waals surface area (Å²) in [6.07, 6.45) is 1.69. The van der Waals surface area contributed by atoms with Crippen LogP contribution in [-0.2, 0) is 10.0 Å². The van der Waals surface area contributed by atoms with Crippen molar-refractivity contribution in [2.45, 2.75) is 23.8 Å². The molecule has 0 aromatic heterocycles. The minimum absolute atomic E-state index is 0.00393. The highest BCUT2D eigenvalue weighted by molar-refractivity contribution is 7.89. The van der Waals surface area contributed by atoms with Crippen LogP contribution >= 0.6 is 0 Å². The van der Waals surface area contributed by atoms with Crippen molar-refractivity contribution in [1.82, 2.24) is 4.72 Å². The lowest BCUT2D eigenvalue weighted by Gasteiger charge is -2.11. The van der Waals surface area contributed by atoms with Gasteiger partial charge in [0.05, 0.1) is 19.1 Å². The highest BCUT2D eigenvalue weighted by Gasteiger charge is 2.28. The van der Waals surface area contributed by atoms with Gasteiger partial charge >= 0.3 is 0 Å². The second kappa shape index (κ2) is 7.35. The van der Waals surface area contributed by atoms with Crippen LogP contribution in [0.15, 0.2) is 47.4 Å². The molecule has 0 aliphatic heterocycles. The van der Waals surface area contributed by atoms with Crippen LogP contribution in [0.25, 0.3) is 0 Å². The molecule has 0 atom stereocenters. The number of carbonyl (C=O) groups is 1. The summed E-state index contributed by atoms with van der Waals surface area (Å²) >= 11 is 0. The monoisotopic (exact) mass is 376 g/mol. The lowest BCUT2D eigenvalue weighted by molar-refractivity contribution is 0.102. The predicted octanol–water partition coefficient (Wildman–Crippen LogP) is 2.40. The van der Waals surface area contributed by atoms with E-state index in [4.69, 9.17) is 9.47 Å². The Morgan fingerprint density at radius 3 is 2.42 bits per heavy atom. The predicted molar refractivity (Wildman–Crippen MR) is 97.3 cm³/mol. The third-order valence-corrected chi connectivity index (χ3v) is 5.47. The van der Waals surface area contributed by atoms with E-state index in [0.717, 1.165) is 12.8 Å². The Morgan fingerprint density at radius 2 is 1.77 bits per heavy atom.